The first kappa shape index (κ1) is 15.7. The maximum atomic E-state index is 11.3. The topological polar surface area (TPSA) is 86.8 Å². The summed E-state index contributed by atoms with van der Waals surface area (Å²) in [5, 5.41) is 29.9. The van der Waals surface area contributed by atoms with Crippen molar-refractivity contribution < 1.29 is 15.1 Å². The van der Waals surface area contributed by atoms with Crippen molar-refractivity contribution in [3.63, 3.8) is 0 Å². The molecule has 0 aliphatic carbocycles. The van der Waals surface area contributed by atoms with Gasteiger partial charge >= 0.3 is 0 Å². The maximum Gasteiger partial charge on any atom is 0.292 e. The molecule has 1 aromatic rings. The summed E-state index contributed by atoms with van der Waals surface area (Å²) in [7, 11) is 0. The third kappa shape index (κ3) is 3.51. The van der Waals surface area contributed by atoms with E-state index in [-0.39, 0.29) is 23.3 Å². The van der Waals surface area contributed by atoms with E-state index in [1.54, 1.807) is 19.1 Å². The molecular weight excluding hydrogens is 272 g/mol. The Morgan fingerprint density at radius 3 is 2.90 bits per heavy atom. The predicted octanol–water partition coefficient (Wildman–Crippen LogP) is 2.39. The van der Waals surface area contributed by atoms with Gasteiger partial charge in [-0.05, 0) is 44.2 Å². The number of nitro benzene ring substituents is 1. The molecule has 1 aliphatic heterocycles. The minimum atomic E-state index is -0.721. The predicted molar refractivity (Wildman–Crippen MR) is 80.4 cm³/mol. The molecule has 1 heterocycles. The van der Waals surface area contributed by atoms with E-state index < -0.39 is 6.10 Å². The summed E-state index contributed by atoms with van der Waals surface area (Å²) in [5.74, 6) is 0. The van der Waals surface area contributed by atoms with Crippen LogP contribution >= 0.6 is 0 Å². The fraction of sp³-hybridized carbons (Fsp3) is 0.600. The maximum absolute atomic E-state index is 11.3. The molecule has 1 fully saturated rings. The number of aliphatic hydroxyl groups is 2. The van der Waals surface area contributed by atoms with E-state index in [2.05, 4.69) is 4.90 Å². The summed E-state index contributed by atoms with van der Waals surface area (Å²) in [6, 6.07) is 5.18. The highest BCUT2D eigenvalue weighted by Gasteiger charge is 2.29. The highest BCUT2D eigenvalue weighted by atomic mass is 16.6. The smallest absolute Gasteiger partial charge is 0.292 e. The largest absolute Gasteiger partial charge is 0.396 e. The Balaban J connectivity index is 2.31. The molecule has 21 heavy (non-hydrogen) atoms. The van der Waals surface area contributed by atoms with Crippen LogP contribution in [-0.4, -0.2) is 34.3 Å². The lowest BCUT2D eigenvalue weighted by atomic mass is 10.1. The molecule has 6 heteroatoms. The number of rotatable bonds is 6. The highest BCUT2D eigenvalue weighted by Crippen LogP contribution is 2.36. The lowest BCUT2D eigenvalue weighted by molar-refractivity contribution is -0.384. The van der Waals surface area contributed by atoms with Crippen LogP contribution in [0.2, 0.25) is 0 Å². The van der Waals surface area contributed by atoms with Crippen LogP contribution in [0.3, 0.4) is 0 Å². The summed E-state index contributed by atoms with van der Waals surface area (Å²) in [6.07, 6.45) is 2.83. The monoisotopic (exact) mass is 294 g/mol. The average molecular weight is 294 g/mol. The fourth-order valence-electron chi connectivity index (χ4n) is 2.97. The van der Waals surface area contributed by atoms with Crippen molar-refractivity contribution in [3.05, 3.63) is 33.9 Å². The number of aliphatic hydroxyl groups excluding tert-OH is 2. The van der Waals surface area contributed by atoms with Gasteiger partial charge in [0.2, 0.25) is 0 Å². The van der Waals surface area contributed by atoms with Crippen LogP contribution in [0.5, 0.6) is 0 Å². The van der Waals surface area contributed by atoms with E-state index in [0.717, 1.165) is 25.8 Å². The van der Waals surface area contributed by atoms with Gasteiger partial charge in [0.25, 0.3) is 5.69 Å². The van der Waals surface area contributed by atoms with E-state index in [4.69, 9.17) is 5.11 Å². The average Bonchev–Trinajstić information content (AvgIpc) is 2.92. The highest BCUT2D eigenvalue weighted by molar-refractivity contribution is 5.65. The molecule has 1 saturated heterocycles. The van der Waals surface area contributed by atoms with E-state index in [9.17, 15) is 15.2 Å². The van der Waals surface area contributed by atoms with Crippen molar-refractivity contribution in [2.75, 3.05) is 18.1 Å². The van der Waals surface area contributed by atoms with Gasteiger partial charge in [0.1, 0.15) is 5.69 Å². The molecule has 1 unspecified atom stereocenters. The summed E-state index contributed by atoms with van der Waals surface area (Å²) < 4.78 is 0. The molecule has 2 N–H and O–H groups in total. The molecule has 2 rings (SSSR count). The van der Waals surface area contributed by atoms with Gasteiger partial charge in [-0.2, -0.15) is 0 Å². The van der Waals surface area contributed by atoms with Crippen molar-refractivity contribution >= 4 is 11.4 Å². The zero-order valence-electron chi connectivity index (χ0n) is 12.2. The molecule has 0 bridgehead atoms. The van der Waals surface area contributed by atoms with Gasteiger partial charge < -0.3 is 15.1 Å². The van der Waals surface area contributed by atoms with Gasteiger partial charge in [0, 0.05) is 25.3 Å². The third-order valence-corrected chi connectivity index (χ3v) is 4.06. The Hall–Kier alpha value is -1.66. The molecule has 0 radical (unpaired) electrons. The van der Waals surface area contributed by atoms with Crippen LogP contribution in [-0.2, 0) is 0 Å². The molecule has 0 aromatic heterocycles. The Kier molecular flexibility index (Phi) is 5.14. The molecule has 1 aliphatic rings. The number of anilines is 1. The summed E-state index contributed by atoms with van der Waals surface area (Å²) in [4.78, 5) is 13.0. The number of hydrogen-bond donors (Lipinski definition) is 2. The number of benzene rings is 1. The minimum Gasteiger partial charge on any atom is -0.396 e. The van der Waals surface area contributed by atoms with Crippen LogP contribution in [0.4, 0.5) is 11.4 Å². The first-order valence-electron chi connectivity index (χ1n) is 7.38. The van der Waals surface area contributed by atoms with Crippen molar-refractivity contribution in [1.29, 1.82) is 0 Å². The first-order chi connectivity index (χ1) is 10.0. The zero-order chi connectivity index (χ0) is 15.4. The standard InChI is InChI=1S/C15H22N2O4/c1-11(19)12-6-7-14(15(10-12)17(20)21)16-8-2-4-13(16)5-3-9-18/h6-7,10-11,13,18-19H,2-5,8-9H2,1H3/t11-,13?/m0/s1. The van der Waals surface area contributed by atoms with Crippen LogP contribution in [0.15, 0.2) is 18.2 Å². The summed E-state index contributed by atoms with van der Waals surface area (Å²) in [5.41, 5.74) is 1.21. The second kappa shape index (κ2) is 6.87. The van der Waals surface area contributed by atoms with Gasteiger partial charge in [0.15, 0.2) is 0 Å². The van der Waals surface area contributed by atoms with Crippen LogP contribution < -0.4 is 4.90 Å². The second-order valence-corrected chi connectivity index (χ2v) is 5.54. The Bertz CT molecular complexity index is 504. The SMILES string of the molecule is C[C@H](O)c1ccc(N2CCCC2CCCO)c([N+](=O)[O-])c1. The lowest BCUT2D eigenvalue weighted by Gasteiger charge is -2.26. The van der Waals surface area contributed by atoms with Gasteiger partial charge in [-0.25, -0.2) is 0 Å². The van der Waals surface area contributed by atoms with Crippen LogP contribution in [0, 0.1) is 10.1 Å². The number of nitro groups is 1. The van der Waals surface area contributed by atoms with Gasteiger partial charge in [-0.15, -0.1) is 0 Å². The van der Waals surface area contributed by atoms with E-state index in [0.29, 0.717) is 17.7 Å². The molecule has 0 spiro atoms. The van der Waals surface area contributed by atoms with Crippen molar-refractivity contribution in [2.24, 2.45) is 0 Å². The summed E-state index contributed by atoms with van der Waals surface area (Å²) >= 11 is 0. The van der Waals surface area contributed by atoms with Crippen LogP contribution in [0.25, 0.3) is 0 Å². The Morgan fingerprint density at radius 2 is 2.29 bits per heavy atom. The van der Waals surface area contributed by atoms with Gasteiger partial charge in [-0.3, -0.25) is 10.1 Å². The molecule has 6 nitrogen and oxygen atoms in total. The van der Waals surface area contributed by atoms with Crippen molar-refractivity contribution in [3.8, 4) is 0 Å². The lowest BCUT2D eigenvalue weighted by Crippen LogP contribution is -2.30. The summed E-state index contributed by atoms with van der Waals surface area (Å²) in [6.45, 7) is 2.54. The Labute approximate surface area is 124 Å². The number of hydrogen-bond acceptors (Lipinski definition) is 5. The quantitative estimate of drug-likeness (QED) is 0.621. The van der Waals surface area contributed by atoms with Crippen molar-refractivity contribution in [2.45, 2.75) is 44.8 Å². The molecular formula is C15H22N2O4. The van der Waals surface area contributed by atoms with Crippen molar-refractivity contribution in [1.82, 2.24) is 0 Å². The Morgan fingerprint density at radius 1 is 1.52 bits per heavy atom. The molecule has 0 saturated carbocycles. The molecule has 1 aromatic carbocycles. The van der Waals surface area contributed by atoms with E-state index >= 15 is 0 Å². The minimum absolute atomic E-state index is 0.0456. The third-order valence-electron chi connectivity index (χ3n) is 4.06. The normalized spacial score (nSPS) is 19.8. The van der Waals surface area contributed by atoms with Gasteiger partial charge in [-0.1, -0.05) is 6.07 Å². The van der Waals surface area contributed by atoms with E-state index in [1.165, 1.54) is 6.07 Å². The van der Waals surface area contributed by atoms with Crippen LogP contribution in [0.1, 0.15) is 44.3 Å². The fourth-order valence-corrected chi connectivity index (χ4v) is 2.97. The molecule has 116 valence electrons. The van der Waals surface area contributed by atoms with Gasteiger partial charge in [0.05, 0.1) is 11.0 Å². The molecule has 2 atom stereocenters. The zero-order valence-corrected chi connectivity index (χ0v) is 12.2. The van der Waals surface area contributed by atoms with E-state index in [1.807, 2.05) is 0 Å². The number of nitrogens with zero attached hydrogens (tertiary/aromatic N) is 2. The molecule has 0 amide bonds. The second-order valence-electron chi connectivity index (χ2n) is 5.54. The first-order valence-corrected chi connectivity index (χ1v) is 7.38.